The number of halogens is 2. The summed E-state index contributed by atoms with van der Waals surface area (Å²) in [5.41, 5.74) is 0.581. The predicted molar refractivity (Wildman–Crippen MR) is 104 cm³/mol. The molecule has 0 saturated heterocycles. The van der Waals surface area contributed by atoms with Gasteiger partial charge >= 0.3 is 6.03 Å². The highest BCUT2D eigenvalue weighted by Gasteiger charge is 2.26. The number of nitrogens with one attached hydrogen (secondary N) is 2. The Morgan fingerprint density at radius 3 is 2.59 bits per heavy atom. The number of nitrogens with zero attached hydrogens (tertiary/aromatic N) is 3. The molecule has 0 aliphatic carbocycles. The lowest BCUT2D eigenvalue weighted by atomic mass is 10.2. The molecule has 0 atom stereocenters. The quantitative estimate of drug-likeness (QED) is 0.684. The highest BCUT2D eigenvalue weighted by molar-refractivity contribution is 7.15. The fourth-order valence-electron chi connectivity index (χ4n) is 2.88. The molecule has 0 radical (unpaired) electrons. The fourth-order valence-corrected chi connectivity index (χ4v) is 3.90. The highest BCUT2D eigenvalue weighted by atomic mass is 32.1. The van der Waals surface area contributed by atoms with Crippen molar-refractivity contribution in [3.05, 3.63) is 70.5 Å². The molecule has 3 amide bonds. The van der Waals surface area contributed by atoms with Crippen LogP contribution in [0.4, 0.5) is 24.4 Å². The summed E-state index contributed by atoms with van der Waals surface area (Å²) in [5, 5.41) is 5.39. The molecule has 29 heavy (non-hydrogen) atoms. The minimum atomic E-state index is -0.839. The summed E-state index contributed by atoms with van der Waals surface area (Å²) in [5.74, 6) is -2.05. The Morgan fingerprint density at radius 1 is 1.07 bits per heavy atom. The van der Waals surface area contributed by atoms with Crippen LogP contribution in [0.3, 0.4) is 0 Å². The number of anilines is 2. The lowest BCUT2D eigenvalue weighted by Crippen LogP contribution is -2.38. The molecule has 0 fully saturated rings. The summed E-state index contributed by atoms with van der Waals surface area (Å²) in [6.07, 6.45) is 2.00. The first-order chi connectivity index (χ1) is 14.0. The third-order valence-corrected chi connectivity index (χ3v) is 5.33. The number of amides is 3. The van der Waals surface area contributed by atoms with Gasteiger partial charge in [-0.15, -0.1) is 0 Å². The number of urea groups is 1. The van der Waals surface area contributed by atoms with Gasteiger partial charge in [0.25, 0.3) is 5.91 Å². The van der Waals surface area contributed by atoms with Gasteiger partial charge in [0.2, 0.25) is 0 Å². The third kappa shape index (κ3) is 4.06. The number of pyridine rings is 1. The topological polar surface area (TPSA) is 87.2 Å². The molecule has 0 spiro atoms. The normalized spacial score (nSPS) is 13.0. The van der Waals surface area contributed by atoms with E-state index in [0.717, 1.165) is 22.7 Å². The van der Waals surface area contributed by atoms with E-state index in [-0.39, 0.29) is 18.1 Å². The summed E-state index contributed by atoms with van der Waals surface area (Å²) in [4.78, 5) is 35.3. The van der Waals surface area contributed by atoms with E-state index in [0.29, 0.717) is 18.1 Å². The maximum atomic E-state index is 13.8. The van der Waals surface area contributed by atoms with E-state index in [1.54, 1.807) is 18.2 Å². The third-order valence-electron chi connectivity index (χ3n) is 4.33. The smallest absolute Gasteiger partial charge is 0.319 e. The van der Waals surface area contributed by atoms with Gasteiger partial charge in [0.1, 0.15) is 23.0 Å². The zero-order chi connectivity index (χ0) is 20.4. The van der Waals surface area contributed by atoms with Crippen LogP contribution in [0.2, 0.25) is 0 Å². The average molecular weight is 415 g/mol. The van der Waals surface area contributed by atoms with Crippen molar-refractivity contribution in [1.29, 1.82) is 0 Å². The first-order valence-electron chi connectivity index (χ1n) is 8.72. The Hall–Kier alpha value is -3.40. The molecule has 0 saturated carbocycles. The van der Waals surface area contributed by atoms with Crippen LogP contribution in [0.15, 0.2) is 42.6 Å². The maximum Gasteiger partial charge on any atom is 0.322 e. The fraction of sp³-hybridized carbons (Fsp3) is 0.158. The van der Waals surface area contributed by atoms with Gasteiger partial charge in [0, 0.05) is 24.0 Å². The lowest BCUT2D eigenvalue weighted by molar-refractivity contribution is 0.102. The lowest BCUT2D eigenvalue weighted by Gasteiger charge is -2.26. The van der Waals surface area contributed by atoms with Gasteiger partial charge in [-0.2, -0.15) is 0 Å². The second-order valence-electron chi connectivity index (χ2n) is 6.26. The van der Waals surface area contributed by atoms with E-state index in [1.165, 1.54) is 28.5 Å². The number of thiazole rings is 1. The molecule has 1 aliphatic rings. The molecular formula is C19H15F2N5O2S. The predicted octanol–water partition coefficient (Wildman–Crippen LogP) is 3.66. The van der Waals surface area contributed by atoms with Gasteiger partial charge in [-0.05, 0) is 24.3 Å². The molecule has 3 aromatic rings. The number of carbonyl (C=O) groups is 2. The molecule has 148 valence electrons. The first kappa shape index (κ1) is 18.9. The van der Waals surface area contributed by atoms with Crippen molar-refractivity contribution < 1.29 is 18.4 Å². The van der Waals surface area contributed by atoms with Gasteiger partial charge in [-0.25, -0.2) is 18.6 Å². The number of para-hydroxylation sites is 1. The van der Waals surface area contributed by atoms with Gasteiger partial charge in [-0.3, -0.25) is 15.1 Å². The number of benzene rings is 1. The van der Waals surface area contributed by atoms with Crippen molar-refractivity contribution in [3.63, 3.8) is 0 Å². The average Bonchev–Trinajstić information content (AvgIpc) is 3.12. The molecule has 7 nitrogen and oxygen atoms in total. The molecule has 2 N–H and O–H groups in total. The number of hydrogen-bond acceptors (Lipinski definition) is 5. The van der Waals surface area contributed by atoms with E-state index >= 15 is 0 Å². The van der Waals surface area contributed by atoms with E-state index < -0.39 is 23.4 Å². The molecule has 0 bridgehead atoms. The molecule has 0 unspecified atom stereocenters. The summed E-state index contributed by atoms with van der Waals surface area (Å²) >= 11 is 1.25. The SMILES string of the molecule is O=C(Nc1nc2c(s1)CN(C(=O)Nc1c(F)cccc1F)CC2)c1ccccn1. The standard InChI is InChI=1S/C19H15F2N5O2S/c20-11-4-3-5-12(21)16(11)24-19(28)26-9-7-13-15(10-26)29-18(23-13)25-17(27)14-6-1-2-8-22-14/h1-6,8H,7,9-10H2,(H,24,28)(H,23,25,27). The Bertz CT molecular complexity index is 1050. The number of hydrogen-bond donors (Lipinski definition) is 2. The Kier molecular flexibility index (Phi) is 5.17. The molecule has 3 heterocycles. The highest BCUT2D eigenvalue weighted by Crippen LogP contribution is 2.29. The van der Waals surface area contributed by atoms with E-state index in [1.807, 2.05) is 0 Å². The van der Waals surface area contributed by atoms with E-state index in [2.05, 4.69) is 20.6 Å². The minimum Gasteiger partial charge on any atom is -0.319 e. The van der Waals surface area contributed by atoms with Crippen LogP contribution in [0.5, 0.6) is 0 Å². The Labute approximate surface area is 168 Å². The monoisotopic (exact) mass is 415 g/mol. The van der Waals surface area contributed by atoms with Crippen molar-refractivity contribution in [2.24, 2.45) is 0 Å². The van der Waals surface area contributed by atoms with Gasteiger partial charge < -0.3 is 10.2 Å². The van der Waals surface area contributed by atoms with Crippen molar-refractivity contribution >= 4 is 34.1 Å². The molecule has 1 aliphatic heterocycles. The zero-order valence-electron chi connectivity index (χ0n) is 15.0. The molecule has 1 aromatic carbocycles. The summed E-state index contributed by atoms with van der Waals surface area (Å²) in [7, 11) is 0. The summed E-state index contributed by atoms with van der Waals surface area (Å²) in [6, 6.07) is 7.80. The van der Waals surface area contributed by atoms with Gasteiger partial charge in [0.05, 0.1) is 12.2 Å². The second kappa shape index (κ2) is 7.92. The van der Waals surface area contributed by atoms with Crippen molar-refractivity contribution in [3.8, 4) is 0 Å². The summed E-state index contributed by atoms with van der Waals surface area (Å²) in [6.45, 7) is 0.570. The number of aromatic nitrogens is 2. The summed E-state index contributed by atoms with van der Waals surface area (Å²) < 4.78 is 27.5. The Balaban J connectivity index is 1.44. The molecule has 4 rings (SSSR count). The van der Waals surface area contributed by atoms with Crippen LogP contribution >= 0.6 is 11.3 Å². The Morgan fingerprint density at radius 2 is 1.86 bits per heavy atom. The van der Waals surface area contributed by atoms with Crippen LogP contribution in [0, 0.1) is 11.6 Å². The minimum absolute atomic E-state index is 0.231. The number of rotatable bonds is 3. The first-order valence-corrected chi connectivity index (χ1v) is 9.54. The van der Waals surface area contributed by atoms with Gasteiger partial charge in [0.15, 0.2) is 5.13 Å². The molecule has 2 aromatic heterocycles. The van der Waals surface area contributed by atoms with Crippen LogP contribution in [0.1, 0.15) is 21.1 Å². The van der Waals surface area contributed by atoms with Crippen molar-refractivity contribution in [1.82, 2.24) is 14.9 Å². The largest absolute Gasteiger partial charge is 0.322 e. The van der Waals surface area contributed by atoms with E-state index in [9.17, 15) is 18.4 Å². The van der Waals surface area contributed by atoms with Crippen LogP contribution in [0.25, 0.3) is 0 Å². The van der Waals surface area contributed by atoms with Gasteiger partial charge in [-0.1, -0.05) is 23.5 Å². The van der Waals surface area contributed by atoms with Crippen LogP contribution in [-0.4, -0.2) is 33.4 Å². The second-order valence-corrected chi connectivity index (χ2v) is 7.34. The number of carbonyl (C=O) groups excluding carboxylic acids is 2. The zero-order valence-corrected chi connectivity index (χ0v) is 15.8. The molecular weight excluding hydrogens is 400 g/mol. The molecule has 10 heteroatoms. The van der Waals surface area contributed by atoms with Crippen LogP contribution < -0.4 is 10.6 Å². The maximum absolute atomic E-state index is 13.8. The van der Waals surface area contributed by atoms with Crippen molar-refractivity contribution in [2.75, 3.05) is 17.2 Å². The number of fused-ring (bicyclic) bond motifs is 1. The van der Waals surface area contributed by atoms with E-state index in [4.69, 9.17) is 0 Å². The van der Waals surface area contributed by atoms with Crippen LogP contribution in [-0.2, 0) is 13.0 Å². The van der Waals surface area contributed by atoms with Crippen molar-refractivity contribution in [2.45, 2.75) is 13.0 Å².